The minimum Gasteiger partial charge on any atom is -0.480 e. The summed E-state index contributed by atoms with van der Waals surface area (Å²) in [5.41, 5.74) is 0.955. The van der Waals surface area contributed by atoms with Gasteiger partial charge in [0.1, 0.15) is 0 Å². The van der Waals surface area contributed by atoms with E-state index in [9.17, 15) is 4.79 Å². The molecule has 0 aromatic carbocycles. The molecule has 0 spiro atoms. The van der Waals surface area contributed by atoms with Gasteiger partial charge in [0.2, 0.25) is 0 Å². The van der Waals surface area contributed by atoms with E-state index in [1.54, 1.807) is 6.20 Å². The van der Waals surface area contributed by atoms with Gasteiger partial charge in [-0.2, -0.15) is 5.10 Å². The van der Waals surface area contributed by atoms with Crippen molar-refractivity contribution in [3.63, 3.8) is 0 Å². The van der Waals surface area contributed by atoms with E-state index in [0.717, 1.165) is 5.56 Å². The Kier molecular flexibility index (Phi) is 3.47. The number of nitrogens with one attached hydrogen (secondary N) is 1. The van der Waals surface area contributed by atoms with Crippen LogP contribution >= 0.6 is 0 Å². The molecular formula is C10H17N3O2. The zero-order valence-electron chi connectivity index (χ0n) is 9.32. The standard InChI is InChI=1S/C10H17N3O2/c1-10(2,3)13-7-8(5-12-13)4-11-6-9(14)15/h5,7,11H,4,6H2,1-3H3,(H,14,15). The summed E-state index contributed by atoms with van der Waals surface area (Å²) < 4.78 is 1.87. The van der Waals surface area contributed by atoms with Crippen molar-refractivity contribution < 1.29 is 9.90 Å². The number of aromatic nitrogens is 2. The number of carbonyl (C=O) groups is 1. The molecule has 0 saturated heterocycles. The lowest BCUT2D eigenvalue weighted by Gasteiger charge is -2.18. The highest BCUT2D eigenvalue weighted by Crippen LogP contribution is 2.12. The smallest absolute Gasteiger partial charge is 0.317 e. The molecule has 0 aliphatic carbocycles. The highest BCUT2D eigenvalue weighted by Gasteiger charge is 2.13. The molecule has 5 heteroatoms. The maximum Gasteiger partial charge on any atom is 0.317 e. The third-order valence-electron chi connectivity index (χ3n) is 1.93. The van der Waals surface area contributed by atoms with Crippen LogP contribution in [0.4, 0.5) is 0 Å². The summed E-state index contributed by atoms with van der Waals surface area (Å²) in [5.74, 6) is -0.849. The van der Waals surface area contributed by atoms with Crippen molar-refractivity contribution in [2.24, 2.45) is 0 Å². The van der Waals surface area contributed by atoms with Gasteiger partial charge in [-0.25, -0.2) is 0 Å². The fourth-order valence-corrected chi connectivity index (χ4v) is 1.13. The molecule has 0 saturated carbocycles. The lowest BCUT2D eigenvalue weighted by atomic mass is 10.1. The van der Waals surface area contributed by atoms with Gasteiger partial charge >= 0.3 is 5.97 Å². The predicted octanol–water partition coefficient (Wildman–Crippen LogP) is 0.812. The Labute approximate surface area is 89.1 Å². The lowest BCUT2D eigenvalue weighted by molar-refractivity contribution is -0.135. The average Bonchev–Trinajstić information content (AvgIpc) is 2.51. The van der Waals surface area contributed by atoms with Crippen LogP contribution in [0, 0.1) is 0 Å². The second-order valence-electron chi connectivity index (χ2n) is 4.46. The third-order valence-corrected chi connectivity index (χ3v) is 1.93. The molecule has 1 aromatic rings. The van der Waals surface area contributed by atoms with Gasteiger partial charge in [0.15, 0.2) is 0 Å². The van der Waals surface area contributed by atoms with Crippen LogP contribution in [-0.4, -0.2) is 27.4 Å². The fourth-order valence-electron chi connectivity index (χ4n) is 1.13. The molecule has 1 aromatic heterocycles. The summed E-state index contributed by atoms with van der Waals surface area (Å²) in [6.07, 6.45) is 3.68. The first-order valence-electron chi connectivity index (χ1n) is 4.86. The van der Waals surface area contributed by atoms with Gasteiger partial charge in [0, 0.05) is 18.3 Å². The first-order chi connectivity index (χ1) is 6.89. The molecule has 0 aliphatic rings. The molecule has 84 valence electrons. The van der Waals surface area contributed by atoms with E-state index in [4.69, 9.17) is 5.11 Å². The zero-order valence-corrected chi connectivity index (χ0v) is 9.32. The monoisotopic (exact) mass is 211 g/mol. The van der Waals surface area contributed by atoms with Crippen molar-refractivity contribution in [3.05, 3.63) is 18.0 Å². The second kappa shape index (κ2) is 4.44. The Hall–Kier alpha value is -1.36. The molecule has 2 N–H and O–H groups in total. The van der Waals surface area contributed by atoms with Gasteiger partial charge in [-0.1, -0.05) is 0 Å². The molecule has 0 aliphatic heterocycles. The molecule has 0 unspecified atom stereocenters. The largest absolute Gasteiger partial charge is 0.480 e. The third kappa shape index (κ3) is 3.71. The lowest BCUT2D eigenvalue weighted by Crippen LogP contribution is -2.23. The minimum absolute atomic E-state index is 0.0271. The molecule has 0 fully saturated rings. The van der Waals surface area contributed by atoms with Gasteiger partial charge in [-0.15, -0.1) is 0 Å². The summed E-state index contributed by atoms with van der Waals surface area (Å²) in [7, 11) is 0. The Morgan fingerprint density at radius 2 is 2.27 bits per heavy atom. The van der Waals surface area contributed by atoms with E-state index in [1.807, 2.05) is 10.9 Å². The normalized spacial score (nSPS) is 11.7. The molecule has 1 rings (SSSR count). The van der Waals surface area contributed by atoms with Gasteiger partial charge < -0.3 is 10.4 Å². The number of hydrogen-bond donors (Lipinski definition) is 2. The average molecular weight is 211 g/mol. The van der Waals surface area contributed by atoms with Crippen molar-refractivity contribution in [1.82, 2.24) is 15.1 Å². The zero-order chi connectivity index (χ0) is 11.5. The summed E-state index contributed by atoms with van der Waals surface area (Å²) in [4.78, 5) is 10.3. The van der Waals surface area contributed by atoms with Gasteiger partial charge in [-0.05, 0) is 20.8 Å². The maximum atomic E-state index is 10.3. The van der Waals surface area contributed by atoms with Gasteiger partial charge in [-0.3, -0.25) is 9.48 Å². The minimum atomic E-state index is -0.849. The first-order valence-corrected chi connectivity index (χ1v) is 4.86. The highest BCUT2D eigenvalue weighted by molar-refractivity contribution is 5.68. The van der Waals surface area contributed by atoms with Gasteiger partial charge in [0.05, 0.1) is 18.3 Å². The summed E-state index contributed by atoms with van der Waals surface area (Å²) in [5, 5.41) is 15.5. The van der Waals surface area contributed by atoms with Gasteiger partial charge in [0.25, 0.3) is 0 Å². The van der Waals surface area contributed by atoms with Crippen molar-refractivity contribution in [2.75, 3.05) is 6.54 Å². The SMILES string of the molecule is CC(C)(C)n1cc(CNCC(=O)O)cn1. The van der Waals surface area contributed by atoms with E-state index in [-0.39, 0.29) is 12.1 Å². The number of aliphatic carboxylic acids is 1. The number of carboxylic acids is 1. The summed E-state index contributed by atoms with van der Waals surface area (Å²) in [6, 6.07) is 0. The first kappa shape index (κ1) is 11.7. The molecule has 0 bridgehead atoms. The molecule has 15 heavy (non-hydrogen) atoms. The summed E-state index contributed by atoms with van der Waals surface area (Å²) in [6.45, 7) is 6.69. The topological polar surface area (TPSA) is 67.2 Å². The fraction of sp³-hybridized carbons (Fsp3) is 0.600. The molecule has 0 radical (unpaired) electrons. The summed E-state index contributed by atoms with van der Waals surface area (Å²) >= 11 is 0. The van der Waals surface area contributed by atoms with Crippen LogP contribution in [0.5, 0.6) is 0 Å². The van der Waals surface area contributed by atoms with E-state index in [2.05, 4.69) is 31.2 Å². The quantitative estimate of drug-likeness (QED) is 0.773. The van der Waals surface area contributed by atoms with E-state index in [1.165, 1.54) is 0 Å². The number of hydrogen-bond acceptors (Lipinski definition) is 3. The maximum absolute atomic E-state index is 10.3. The molecule has 0 amide bonds. The van der Waals surface area contributed by atoms with Crippen LogP contribution in [-0.2, 0) is 16.9 Å². The van der Waals surface area contributed by atoms with Crippen LogP contribution in [0.3, 0.4) is 0 Å². The van der Waals surface area contributed by atoms with Crippen molar-refractivity contribution in [1.29, 1.82) is 0 Å². The van der Waals surface area contributed by atoms with Crippen LogP contribution in [0.1, 0.15) is 26.3 Å². The molecular weight excluding hydrogens is 194 g/mol. The molecule has 1 heterocycles. The molecule has 5 nitrogen and oxygen atoms in total. The predicted molar refractivity (Wildman–Crippen MR) is 56.6 cm³/mol. The number of nitrogens with zero attached hydrogens (tertiary/aromatic N) is 2. The number of carboxylic acid groups (broad SMARTS) is 1. The number of rotatable bonds is 4. The highest BCUT2D eigenvalue weighted by atomic mass is 16.4. The van der Waals surface area contributed by atoms with E-state index >= 15 is 0 Å². The molecule has 0 atom stereocenters. The van der Waals surface area contributed by atoms with Crippen LogP contribution in [0.15, 0.2) is 12.4 Å². The van der Waals surface area contributed by atoms with Crippen molar-refractivity contribution in [3.8, 4) is 0 Å². The van der Waals surface area contributed by atoms with E-state index in [0.29, 0.717) is 6.54 Å². The Morgan fingerprint density at radius 3 is 2.73 bits per heavy atom. The van der Waals surface area contributed by atoms with Crippen molar-refractivity contribution in [2.45, 2.75) is 32.9 Å². The van der Waals surface area contributed by atoms with Crippen molar-refractivity contribution >= 4 is 5.97 Å². The van der Waals surface area contributed by atoms with Crippen LogP contribution < -0.4 is 5.32 Å². The Balaban J connectivity index is 2.50. The van der Waals surface area contributed by atoms with Crippen LogP contribution in [0.25, 0.3) is 0 Å². The van der Waals surface area contributed by atoms with Crippen LogP contribution in [0.2, 0.25) is 0 Å². The Bertz CT molecular complexity index is 339. The Morgan fingerprint density at radius 1 is 1.60 bits per heavy atom. The van der Waals surface area contributed by atoms with E-state index < -0.39 is 5.97 Å². The second-order valence-corrected chi connectivity index (χ2v) is 4.46.